The second-order valence-corrected chi connectivity index (χ2v) is 18.6. The minimum absolute atomic E-state index is 0.000110. The number of nitro groups is 1. The molecule has 1 saturated carbocycles. The number of benzene rings is 3. The summed E-state index contributed by atoms with van der Waals surface area (Å²) in [5.74, 6) is 0.149. The molecule has 1 amide bonds. The molecular formula is C50H62N4O12. The fourth-order valence-corrected chi connectivity index (χ4v) is 9.85. The average molecular weight is 911 g/mol. The number of carbonyl (C=O) groups excluding carboxylic acids is 1. The topological polar surface area (TPSA) is 184 Å². The SMILES string of the molecule is C=CCO[C@@]12Oc3ccc(OCCN4CC4)cc3[C@H]3[C@H](CCCCO)[C@@H](CCCCO)C=C(C(=NOC(C)(C)C)C[C@@H]1N(Cc1ccc4c(c1)OCO4)C(=O)Oc1ccc([N+](=O)[O-])cc1)[C@H]32. The third kappa shape index (κ3) is 10.5. The largest absolute Gasteiger partial charge is 0.492 e. The zero-order valence-electron chi connectivity index (χ0n) is 38.1. The van der Waals surface area contributed by atoms with Gasteiger partial charge in [-0.1, -0.05) is 36.2 Å². The number of nitrogens with zero attached hydrogens (tertiary/aromatic N) is 4. The predicted molar refractivity (Wildman–Crippen MR) is 245 cm³/mol. The van der Waals surface area contributed by atoms with Crippen LogP contribution in [-0.4, -0.2) is 107 Å². The Hall–Kier alpha value is -5.68. The number of non-ortho nitro benzene ring substituents is 1. The Bertz CT molecular complexity index is 2270. The number of oxime groups is 1. The van der Waals surface area contributed by atoms with Crippen LogP contribution in [0.5, 0.6) is 28.7 Å². The van der Waals surface area contributed by atoms with Gasteiger partial charge in [-0.3, -0.25) is 19.9 Å². The van der Waals surface area contributed by atoms with Crippen molar-refractivity contribution >= 4 is 17.5 Å². The van der Waals surface area contributed by atoms with Crippen LogP contribution in [0.2, 0.25) is 0 Å². The lowest BCUT2D eigenvalue weighted by Crippen LogP contribution is -2.70. The summed E-state index contributed by atoms with van der Waals surface area (Å²) in [4.78, 5) is 36.4. The molecule has 2 fully saturated rings. The van der Waals surface area contributed by atoms with Crippen LogP contribution in [0.25, 0.3) is 0 Å². The second kappa shape index (κ2) is 20.5. The van der Waals surface area contributed by atoms with Gasteiger partial charge in [0.2, 0.25) is 12.6 Å². The van der Waals surface area contributed by atoms with Crippen LogP contribution in [0.3, 0.4) is 0 Å². The van der Waals surface area contributed by atoms with E-state index in [9.17, 15) is 20.3 Å². The van der Waals surface area contributed by atoms with E-state index in [1.54, 1.807) is 17.0 Å². The Balaban J connectivity index is 1.32. The maximum atomic E-state index is 15.1. The number of nitro benzene ring substituents is 1. The monoisotopic (exact) mass is 910 g/mol. The van der Waals surface area contributed by atoms with Gasteiger partial charge in [0.1, 0.15) is 35.5 Å². The van der Waals surface area contributed by atoms with E-state index in [4.69, 9.17) is 38.4 Å². The van der Waals surface area contributed by atoms with Gasteiger partial charge in [-0.15, -0.1) is 6.58 Å². The molecule has 6 atom stereocenters. The van der Waals surface area contributed by atoms with E-state index in [-0.39, 0.29) is 68.8 Å². The van der Waals surface area contributed by atoms with E-state index < -0.39 is 34.4 Å². The smallest absolute Gasteiger partial charge is 0.416 e. The van der Waals surface area contributed by atoms with Gasteiger partial charge in [0, 0.05) is 69.4 Å². The van der Waals surface area contributed by atoms with Crippen LogP contribution >= 0.6 is 0 Å². The van der Waals surface area contributed by atoms with Gasteiger partial charge in [-0.2, -0.15) is 0 Å². The number of rotatable bonds is 21. The Morgan fingerprint density at radius 3 is 2.42 bits per heavy atom. The van der Waals surface area contributed by atoms with E-state index in [0.717, 1.165) is 56.5 Å². The van der Waals surface area contributed by atoms with Crippen LogP contribution in [0, 0.1) is 27.9 Å². The first kappa shape index (κ1) is 46.8. The van der Waals surface area contributed by atoms with E-state index in [1.165, 1.54) is 24.3 Å². The van der Waals surface area contributed by atoms with Gasteiger partial charge in [-0.05, 0) is 112 Å². The van der Waals surface area contributed by atoms with E-state index >= 15 is 4.79 Å². The molecule has 3 heterocycles. The molecule has 0 spiro atoms. The van der Waals surface area contributed by atoms with Gasteiger partial charge >= 0.3 is 6.09 Å². The van der Waals surface area contributed by atoms with Crippen molar-refractivity contribution in [2.45, 2.75) is 95.6 Å². The second-order valence-electron chi connectivity index (χ2n) is 18.6. The van der Waals surface area contributed by atoms with Crippen LogP contribution in [0.4, 0.5) is 10.5 Å². The summed E-state index contributed by atoms with van der Waals surface area (Å²) in [5.41, 5.74) is 2.35. The van der Waals surface area contributed by atoms with Gasteiger partial charge in [0.25, 0.3) is 5.69 Å². The zero-order valence-corrected chi connectivity index (χ0v) is 38.1. The molecule has 0 unspecified atom stereocenters. The molecule has 3 aliphatic heterocycles. The molecule has 354 valence electrons. The summed E-state index contributed by atoms with van der Waals surface area (Å²) in [6, 6.07) is 15.9. The maximum Gasteiger partial charge on any atom is 0.416 e. The predicted octanol–water partition coefficient (Wildman–Crippen LogP) is 8.15. The molecule has 5 aliphatic rings. The number of hydrogen-bond acceptors (Lipinski definition) is 14. The minimum atomic E-state index is -1.57. The lowest BCUT2D eigenvalue weighted by atomic mass is 9.55. The molecule has 16 nitrogen and oxygen atoms in total. The Morgan fingerprint density at radius 2 is 1.71 bits per heavy atom. The van der Waals surface area contributed by atoms with Crippen molar-refractivity contribution in [1.82, 2.24) is 9.80 Å². The quantitative estimate of drug-likeness (QED) is 0.0344. The molecular weight excluding hydrogens is 849 g/mol. The van der Waals surface area contributed by atoms with Gasteiger partial charge in [0.05, 0.1) is 23.2 Å². The maximum absolute atomic E-state index is 15.1. The Kier molecular flexibility index (Phi) is 14.5. The van der Waals surface area contributed by atoms with E-state index in [0.29, 0.717) is 53.7 Å². The molecule has 66 heavy (non-hydrogen) atoms. The van der Waals surface area contributed by atoms with Crippen molar-refractivity contribution in [3.8, 4) is 28.7 Å². The number of hydrogen-bond donors (Lipinski definition) is 2. The summed E-state index contributed by atoms with van der Waals surface area (Å²) in [6.45, 7) is 13.6. The number of ether oxygens (including phenoxy) is 6. The fourth-order valence-electron chi connectivity index (χ4n) is 9.85. The molecule has 16 heteroatoms. The van der Waals surface area contributed by atoms with Gasteiger partial charge in [0.15, 0.2) is 11.5 Å². The molecule has 0 aromatic heterocycles. The molecule has 0 radical (unpaired) electrons. The average Bonchev–Trinajstić information content (AvgIpc) is 4.01. The van der Waals surface area contributed by atoms with Crippen molar-refractivity contribution in [2.24, 2.45) is 22.9 Å². The molecule has 8 rings (SSSR count). The normalized spacial score (nSPS) is 24.3. The van der Waals surface area contributed by atoms with Crippen LogP contribution in [0.15, 0.2) is 90.1 Å². The molecule has 2 aliphatic carbocycles. The molecule has 3 aromatic rings. The zero-order chi connectivity index (χ0) is 46.4. The van der Waals surface area contributed by atoms with Crippen LogP contribution in [-0.2, 0) is 16.1 Å². The Morgan fingerprint density at radius 1 is 0.985 bits per heavy atom. The summed E-state index contributed by atoms with van der Waals surface area (Å²) >= 11 is 0. The summed E-state index contributed by atoms with van der Waals surface area (Å²) < 4.78 is 38.5. The molecule has 0 bridgehead atoms. The highest BCUT2D eigenvalue weighted by Gasteiger charge is 2.66. The third-order valence-electron chi connectivity index (χ3n) is 12.9. The van der Waals surface area contributed by atoms with Crippen LogP contribution < -0.4 is 23.7 Å². The summed E-state index contributed by atoms with van der Waals surface area (Å²) in [6.07, 6.45) is 7.74. The summed E-state index contributed by atoms with van der Waals surface area (Å²) in [7, 11) is 0. The highest BCUT2D eigenvalue weighted by molar-refractivity contribution is 6.03. The molecule has 2 N–H and O–H groups in total. The lowest BCUT2D eigenvalue weighted by Gasteiger charge is -2.60. The number of fused-ring (bicyclic) bond motifs is 3. The first-order valence-electron chi connectivity index (χ1n) is 23.1. The fraction of sp³-hybridized carbons (Fsp3) is 0.520. The first-order valence-corrected chi connectivity index (χ1v) is 23.1. The van der Waals surface area contributed by atoms with E-state index in [2.05, 4.69) is 23.6 Å². The Labute approximate surface area is 385 Å². The highest BCUT2D eigenvalue weighted by atomic mass is 16.7. The number of aliphatic hydroxyl groups is 2. The number of aliphatic hydroxyl groups excluding tert-OH is 2. The third-order valence-corrected chi connectivity index (χ3v) is 12.9. The van der Waals surface area contributed by atoms with E-state index in [1.807, 2.05) is 45.0 Å². The number of allylic oxidation sites excluding steroid dienone is 1. The van der Waals surface area contributed by atoms with Crippen molar-refractivity contribution in [2.75, 3.05) is 52.9 Å². The number of amides is 1. The van der Waals surface area contributed by atoms with Gasteiger partial charge < -0.3 is 43.5 Å². The molecule has 1 saturated heterocycles. The number of carbonyl (C=O) groups is 1. The standard InChI is InChI=1S/C50H62N4O12/c1-5-25-63-50-45(53(31-33-12-18-43-44(27-33)62-32-61-43)48(57)64-36-15-13-35(14-16-36)54(58)59)30-41(51-66-49(2,3)4)39-28-34(10-6-8-23-55)38(11-7-9-24-56)46(47(39)50)40-29-37(17-19-42(40)65-50)60-26-22-52-20-21-52/h5,12-19,27-29,34,38,45-47,55-56H,1,6-11,20-26,30-32H2,2-4H3/t34-,38+,45-,46+,47+,50+/m0/s1. The van der Waals surface area contributed by atoms with Crippen LogP contribution in [0.1, 0.15) is 82.8 Å². The van der Waals surface area contributed by atoms with Crippen molar-refractivity contribution < 1.29 is 53.2 Å². The molecule has 3 aromatic carbocycles. The highest BCUT2D eigenvalue weighted by Crippen LogP contribution is 2.62. The first-order chi connectivity index (χ1) is 31.9. The number of unbranched alkanes of at least 4 members (excludes halogenated alkanes) is 2. The van der Waals surface area contributed by atoms with Crippen molar-refractivity contribution in [3.63, 3.8) is 0 Å². The lowest BCUT2D eigenvalue weighted by molar-refractivity contribution is -0.384. The van der Waals surface area contributed by atoms with Gasteiger partial charge in [-0.25, -0.2) is 4.79 Å². The minimum Gasteiger partial charge on any atom is -0.492 e. The van der Waals surface area contributed by atoms with Crippen molar-refractivity contribution in [1.29, 1.82) is 0 Å². The van der Waals surface area contributed by atoms with Crippen molar-refractivity contribution in [3.05, 3.63) is 106 Å². The summed E-state index contributed by atoms with van der Waals surface area (Å²) in [5, 5.41) is 36.5.